The van der Waals surface area contributed by atoms with Gasteiger partial charge in [0.1, 0.15) is 0 Å². The van der Waals surface area contributed by atoms with Crippen LogP contribution in [0.4, 0.5) is 11.4 Å². The van der Waals surface area contributed by atoms with Gasteiger partial charge in [-0.3, -0.25) is 9.59 Å². The highest BCUT2D eigenvalue weighted by Gasteiger charge is 2.39. The first-order valence-electron chi connectivity index (χ1n) is 14.7. The highest BCUT2D eigenvalue weighted by atomic mass is 16.2. The lowest BCUT2D eigenvalue weighted by Gasteiger charge is -2.16. The third-order valence-electron chi connectivity index (χ3n) is 8.53. The van der Waals surface area contributed by atoms with E-state index >= 15 is 0 Å². The largest absolute Gasteiger partial charge is 0.308 e. The average Bonchev–Trinajstić information content (AvgIpc) is 3.59. The van der Waals surface area contributed by atoms with Crippen molar-refractivity contribution in [1.29, 1.82) is 5.26 Å². The number of anilines is 1. The quantitative estimate of drug-likeness (QED) is 0.151. The molecule has 8 rings (SSSR count). The Balaban J connectivity index is 1.37. The molecule has 2 heterocycles. The molecule has 7 aromatic rings. The number of benzene rings is 6. The number of aromatic nitrogens is 1. The molecular weight excluding hydrogens is 568 g/mol. The van der Waals surface area contributed by atoms with Crippen LogP contribution in [0.15, 0.2) is 133 Å². The number of hydrogen-bond acceptors (Lipinski definition) is 3. The summed E-state index contributed by atoms with van der Waals surface area (Å²) >= 11 is 0. The van der Waals surface area contributed by atoms with Crippen molar-refractivity contribution in [3.05, 3.63) is 162 Å². The van der Waals surface area contributed by atoms with E-state index in [9.17, 15) is 14.9 Å². The van der Waals surface area contributed by atoms with Crippen LogP contribution in [0.1, 0.15) is 26.3 Å². The maximum Gasteiger partial charge on any atom is 0.268 e. The van der Waals surface area contributed by atoms with Gasteiger partial charge < -0.3 is 4.57 Å². The molecule has 0 bridgehead atoms. The number of rotatable bonds is 4. The summed E-state index contributed by atoms with van der Waals surface area (Å²) in [5.74, 6) is -0.775. The summed E-state index contributed by atoms with van der Waals surface area (Å²) in [7, 11) is 0. The van der Waals surface area contributed by atoms with E-state index in [0.717, 1.165) is 38.5 Å². The van der Waals surface area contributed by atoms with Crippen molar-refractivity contribution in [3.63, 3.8) is 0 Å². The molecule has 6 heteroatoms. The molecule has 214 valence electrons. The van der Waals surface area contributed by atoms with Crippen molar-refractivity contribution in [2.75, 3.05) is 4.90 Å². The van der Waals surface area contributed by atoms with Crippen molar-refractivity contribution < 1.29 is 9.59 Å². The average molecular weight is 591 g/mol. The van der Waals surface area contributed by atoms with Gasteiger partial charge in [-0.1, -0.05) is 84.9 Å². The molecule has 0 unspecified atom stereocenters. The maximum atomic E-state index is 14.4. The molecule has 1 aromatic heterocycles. The number of carbonyl (C=O) groups is 2. The summed E-state index contributed by atoms with van der Waals surface area (Å²) in [6, 6.07) is 43.9. The van der Waals surface area contributed by atoms with Crippen LogP contribution < -0.4 is 4.90 Å². The van der Waals surface area contributed by atoms with Crippen molar-refractivity contribution in [3.8, 4) is 34.0 Å². The molecule has 0 radical (unpaired) electrons. The van der Waals surface area contributed by atoms with Crippen molar-refractivity contribution in [2.45, 2.75) is 0 Å². The van der Waals surface area contributed by atoms with E-state index in [1.807, 2.05) is 102 Å². The lowest BCUT2D eigenvalue weighted by atomic mass is 9.99. The third kappa shape index (κ3) is 4.02. The molecule has 0 atom stereocenters. The van der Waals surface area contributed by atoms with E-state index in [1.165, 1.54) is 4.90 Å². The minimum absolute atomic E-state index is 0.322. The van der Waals surface area contributed by atoms with Gasteiger partial charge in [0.15, 0.2) is 5.69 Å². The lowest BCUT2D eigenvalue weighted by Crippen LogP contribution is -2.29. The Morgan fingerprint density at radius 3 is 2.17 bits per heavy atom. The molecule has 1 aliphatic heterocycles. The van der Waals surface area contributed by atoms with Crippen LogP contribution in [-0.2, 0) is 0 Å². The van der Waals surface area contributed by atoms with Gasteiger partial charge in [-0.25, -0.2) is 9.74 Å². The molecule has 2 amide bonds. The topological polar surface area (TPSA) is 70.5 Å². The molecule has 0 aliphatic carbocycles. The van der Waals surface area contributed by atoms with E-state index in [1.54, 1.807) is 36.4 Å². The predicted octanol–water partition coefficient (Wildman–Crippen LogP) is 9.34. The lowest BCUT2D eigenvalue weighted by molar-refractivity contribution is 0.0926. The zero-order chi connectivity index (χ0) is 31.4. The number of fused-ring (bicyclic) bond motifs is 4. The Morgan fingerprint density at radius 1 is 0.630 bits per heavy atom. The Bertz CT molecular complexity index is 2460. The Labute approximate surface area is 264 Å². The van der Waals surface area contributed by atoms with Gasteiger partial charge >= 0.3 is 0 Å². The number of carbonyl (C=O) groups excluding carboxylic acids is 2. The fraction of sp³-hybridized carbons (Fsp3) is 0. The van der Waals surface area contributed by atoms with Gasteiger partial charge in [0, 0.05) is 21.9 Å². The van der Waals surface area contributed by atoms with Gasteiger partial charge in [-0.2, -0.15) is 5.26 Å². The molecule has 1 aliphatic rings. The van der Waals surface area contributed by atoms with Crippen molar-refractivity contribution in [1.82, 2.24) is 4.57 Å². The predicted molar refractivity (Wildman–Crippen MR) is 180 cm³/mol. The Hall–Kier alpha value is -6.76. The van der Waals surface area contributed by atoms with Crippen LogP contribution in [0.3, 0.4) is 0 Å². The number of amides is 2. The normalized spacial score (nSPS) is 12.3. The number of nitriles is 1. The summed E-state index contributed by atoms with van der Waals surface area (Å²) in [4.78, 5) is 33.2. The molecule has 46 heavy (non-hydrogen) atoms. The summed E-state index contributed by atoms with van der Waals surface area (Å²) in [5, 5.41) is 11.6. The summed E-state index contributed by atoms with van der Waals surface area (Å²) in [5.41, 5.74) is 7.58. The first-order valence-corrected chi connectivity index (χ1v) is 14.7. The highest BCUT2D eigenvalue weighted by molar-refractivity contribution is 6.36. The third-order valence-corrected chi connectivity index (χ3v) is 8.53. The van der Waals surface area contributed by atoms with Crippen LogP contribution in [0.25, 0.3) is 54.6 Å². The van der Waals surface area contributed by atoms with E-state index in [-0.39, 0.29) is 5.91 Å². The SMILES string of the molecule is [C-]#[N+]c1cc(C#N)cc(-c2cccc3c4ccccc4n(-c4cccc5c4C(=O)N(c4cccc(-c6ccccc6)c4)C5=O)c23)c1. The highest BCUT2D eigenvalue weighted by Crippen LogP contribution is 2.42. The number of nitrogens with zero attached hydrogens (tertiary/aromatic N) is 4. The van der Waals surface area contributed by atoms with Crippen LogP contribution in [0, 0.1) is 17.9 Å². The van der Waals surface area contributed by atoms with Gasteiger partial charge in [-0.05, 0) is 65.2 Å². The fourth-order valence-electron chi connectivity index (χ4n) is 6.54. The molecule has 6 aromatic carbocycles. The number of imide groups is 1. The second-order valence-corrected chi connectivity index (χ2v) is 11.1. The standard InChI is InChI=1S/C40H22N4O2/c1-42-29-21-25(24-41)20-28(22-29)31-15-8-16-33-32-14-5-6-18-35(32)44(38(31)33)36-19-9-17-34-37(36)40(46)43(39(34)45)30-13-7-12-27(23-30)26-10-3-2-4-11-26/h2-23H. The fourth-order valence-corrected chi connectivity index (χ4v) is 6.54. The summed E-state index contributed by atoms with van der Waals surface area (Å²) < 4.78 is 2.03. The maximum absolute atomic E-state index is 14.4. The molecule has 6 nitrogen and oxygen atoms in total. The van der Waals surface area contributed by atoms with E-state index in [2.05, 4.69) is 10.9 Å². The van der Waals surface area contributed by atoms with Crippen LogP contribution in [0.2, 0.25) is 0 Å². The van der Waals surface area contributed by atoms with Crippen molar-refractivity contribution >= 4 is 45.0 Å². The first-order chi connectivity index (χ1) is 22.6. The molecule has 0 N–H and O–H groups in total. The summed E-state index contributed by atoms with van der Waals surface area (Å²) in [6.07, 6.45) is 0. The zero-order valence-electron chi connectivity index (χ0n) is 24.3. The molecule has 0 saturated carbocycles. The smallest absolute Gasteiger partial charge is 0.268 e. The van der Waals surface area contributed by atoms with Crippen LogP contribution in [0.5, 0.6) is 0 Å². The van der Waals surface area contributed by atoms with Crippen LogP contribution in [-0.4, -0.2) is 16.4 Å². The van der Waals surface area contributed by atoms with Crippen LogP contribution >= 0.6 is 0 Å². The monoisotopic (exact) mass is 590 g/mol. The van der Waals surface area contributed by atoms with Gasteiger partial charge in [0.05, 0.1) is 46.2 Å². The van der Waals surface area contributed by atoms with Gasteiger partial charge in [0.2, 0.25) is 0 Å². The Morgan fingerprint density at radius 2 is 1.35 bits per heavy atom. The van der Waals surface area contributed by atoms with E-state index in [4.69, 9.17) is 6.57 Å². The van der Waals surface area contributed by atoms with E-state index in [0.29, 0.717) is 39.3 Å². The van der Waals surface area contributed by atoms with Gasteiger partial charge in [0.25, 0.3) is 11.8 Å². The number of para-hydroxylation sites is 2. The minimum Gasteiger partial charge on any atom is -0.308 e. The Kier molecular flexibility index (Phi) is 6.10. The molecule has 0 fully saturated rings. The second kappa shape index (κ2) is 10.4. The first kappa shape index (κ1) is 26.8. The zero-order valence-corrected chi connectivity index (χ0v) is 24.3. The summed E-state index contributed by atoms with van der Waals surface area (Å²) in [6.45, 7) is 7.62. The minimum atomic E-state index is -0.397. The molecule has 0 saturated heterocycles. The number of hydrogen-bond donors (Lipinski definition) is 0. The van der Waals surface area contributed by atoms with Crippen molar-refractivity contribution in [2.24, 2.45) is 0 Å². The molecular formula is C40H22N4O2. The van der Waals surface area contributed by atoms with E-state index < -0.39 is 5.91 Å². The second-order valence-electron chi connectivity index (χ2n) is 11.1. The van der Waals surface area contributed by atoms with Gasteiger partial charge in [-0.15, -0.1) is 0 Å². The molecule has 0 spiro atoms.